The van der Waals surface area contributed by atoms with Crippen molar-refractivity contribution in [3.05, 3.63) is 33.8 Å². The zero-order chi connectivity index (χ0) is 16.8. The smallest absolute Gasteiger partial charge is 0.328 e. The highest BCUT2D eigenvalue weighted by molar-refractivity contribution is 6.35. The number of methoxy groups -OCH3 is 1. The van der Waals surface area contributed by atoms with Gasteiger partial charge in [-0.1, -0.05) is 48.5 Å². The molecule has 0 aromatic heterocycles. The van der Waals surface area contributed by atoms with Crippen molar-refractivity contribution in [2.75, 3.05) is 7.11 Å². The van der Waals surface area contributed by atoms with Crippen LogP contribution >= 0.6 is 23.2 Å². The molecule has 1 aromatic carbocycles. The average molecular weight is 358 g/mol. The van der Waals surface area contributed by atoms with Gasteiger partial charge in [0.25, 0.3) is 0 Å². The summed E-state index contributed by atoms with van der Waals surface area (Å²) >= 11 is 12.0. The van der Waals surface area contributed by atoms with Crippen LogP contribution in [0.2, 0.25) is 10.0 Å². The van der Waals surface area contributed by atoms with E-state index >= 15 is 0 Å². The first-order valence-corrected chi connectivity index (χ1v) is 8.59. The second kappa shape index (κ2) is 8.55. The van der Waals surface area contributed by atoms with E-state index in [9.17, 15) is 9.59 Å². The number of amides is 1. The zero-order valence-corrected chi connectivity index (χ0v) is 14.6. The van der Waals surface area contributed by atoms with Crippen molar-refractivity contribution in [1.29, 1.82) is 0 Å². The first kappa shape index (κ1) is 18.1. The van der Waals surface area contributed by atoms with E-state index in [0.29, 0.717) is 10.0 Å². The molecule has 2 rings (SSSR count). The third-order valence-electron chi connectivity index (χ3n) is 4.22. The SMILES string of the molecule is COC(=O)[C@H](Cc1ccc(Cl)cc1Cl)NC(=O)C1CCCCC1. The molecule has 0 heterocycles. The summed E-state index contributed by atoms with van der Waals surface area (Å²) in [5.41, 5.74) is 0.746. The lowest BCUT2D eigenvalue weighted by Crippen LogP contribution is -2.45. The predicted octanol–water partition coefficient (Wildman–Crippen LogP) is 3.77. The first-order chi connectivity index (χ1) is 11.0. The highest BCUT2D eigenvalue weighted by Gasteiger charge is 2.27. The Morgan fingerprint density at radius 1 is 1.26 bits per heavy atom. The van der Waals surface area contributed by atoms with Crippen LogP contribution in [-0.2, 0) is 20.7 Å². The van der Waals surface area contributed by atoms with Crippen LogP contribution in [0.3, 0.4) is 0 Å². The van der Waals surface area contributed by atoms with Crippen molar-refractivity contribution < 1.29 is 14.3 Å². The fraction of sp³-hybridized carbons (Fsp3) is 0.529. The molecule has 23 heavy (non-hydrogen) atoms. The molecule has 1 amide bonds. The molecular weight excluding hydrogens is 337 g/mol. The molecule has 1 aromatic rings. The van der Waals surface area contributed by atoms with Crippen LogP contribution in [0.1, 0.15) is 37.7 Å². The third kappa shape index (κ3) is 5.11. The molecule has 0 saturated heterocycles. The normalized spacial score (nSPS) is 16.7. The van der Waals surface area contributed by atoms with Crippen molar-refractivity contribution in [2.24, 2.45) is 5.92 Å². The van der Waals surface area contributed by atoms with E-state index in [1.807, 2.05) is 0 Å². The highest BCUT2D eigenvalue weighted by atomic mass is 35.5. The van der Waals surface area contributed by atoms with Crippen LogP contribution in [0, 0.1) is 5.92 Å². The summed E-state index contributed by atoms with van der Waals surface area (Å²) in [6.45, 7) is 0. The minimum atomic E-state index is -0.742. The number of hydrogen-bond acceptors (Lipinski definition) is 3. The number of nitrogens with one attached hydrogen (secondary N) is 1. The van der Waals surface area contributed by atoms with Crippen molar-refractivity contribution in [2.45, 2.75) is 44.6 Å². The molecule has 1 aliphatic carbocycles. The Kier molecular flexibility index (Phi) is 6.72. The van der Waals surface area contributed by atoms with Gasteiger partial charge in [-0.3, -0.25) is 4.79 Å². The Morgan fingerprint density at radius 3 is 2.57 bits per heavy atom. The van der Waals surface area contributed by atoms with E-state index in [1.54, 1.807) is 18.2 Å². The molecule has 0 bridgehead atoms. The largest absolute Gasteiger partial charge is 0.467 e. The Bertz CT molecular complexity index is 571. The number of carbonyl (C=O) groups excluding carboxylic acids is 2. The second-order valence-corrected chi connectivity index (χ2v) is 6.70. The van der Waals surface area contributed by atoms with Gasteiger partial charge in [-0.05, 0) is 30.5 Å². The van der Waals surface area contributed by atoms with Crippen LogP contribution in [0.5, 0.6) is 0 Å². The molecule has 126 valence electrons. The molecule has 0 aliphatic heterocycles. The van der Waals surface area contributed by atoms with Gasteiger partial charge in [0.15, 0.2) is 0 Å². The van der Waals surface area contributed by atoms with Gasteiger partial charge in [0.1, 0.15) is 6.04 Å². The molecule has 1 N–H and O–H groups in total. The van der Waals surface area contributed by atoms with Crippen LogP contribution in [0.25, 0.3) is 0 Å². The van der Waals surface area contributed by atoms with Crippen molar-refractivity contribution in [1.82, 2.24) is 5.32 Å². The van der Waals surface area contributed by atoms with E-state index in [4.69, 9.17) is 27.9 Å². The minimum Gasteiger partial charge on any atom is -0.467 e. The lowest BCUT2D eigenvalue weighted by atomic mass is 9.88. The van der Waals surface area contributed by atoms with Gasteiger partial charge < -0.3 is 10.1 Å². The fourth-order valence-electron chi connectivity index (χ4n) is 2.90. The molecule has 4 nitrogen and oxygen atoms in total. The Morgan fingerprint density at radius 2 is 1.96 bits per heavy atom. The lowest BCUT2D eigenvalue weighted by molar-refractivity contribution is -0.145. The molecule has 1 atom stereocenters. The average Bonchev–Trinajstić information content (AvgIpc) is 2.56. The van der Waals surface area contributed by atoms with E-state index in [0.717, 1.165) is 31.2 Å². The number of hydrogen-bond donors (Lipinski definition) is 1. The lowest BCUT2D eigenvalue weighted by Gasteiger charge is -2.24. The number of carbonyl (C=O) groups is 2. The monoisotopic (exact) mass is 357 g/mol. The standard InChI is InChI=1S/C17H21Cl2NO3/c1-23-17(22)15(9-12-7-8-13(18)10-14(12)19)20-16(21)11-5-3-2-4-6-11/h7-8,10-11,15H,2-6,9H2,1H3,(H,20,21)/t15-/m0/s1. The van der Waals surface area contributed by atoms with Crippen molar-refractivity contribution >= 4 is 35.1 Å². The highest BCUT2D eigenvalue weighted by Crippen LogP contribution is 2.25. The maximum Gasteiger partial charge on any atom is 0.328 e. The maximum atomic E-state index is 12.4. The topological polar surface area (TPSA) is 55.4 Å². The van der Waals surface area contributed by atoms with Crippen LogP contribution in [-0.4, -0.2) is 25.0 Å². The number of halogens is 2. The van der Waals surface area contributed by atoms with E-state index in [2.05, 4.69) is 5.32 Å². The molecule has 1 fully saturated rings. The van der Waals surface area contributed by atoms with E-state index in [-0.39, 0.29) is 18.2 Å². The van der Waals surface area contributed by atoms with Crippen molar-refractivity contribution in [3.8, 4) is 0 Å². The van der Waals surface area contributed by atoms with Gasteiger partial charge in [0, 0.05) is 22.4 Å². The molecule has 0 spiro atoms. The predicted molar refractivity (Wildman–Crippen MR) is 90.7 cm³/mol. The second-order valence-electron chi connectivity index (χ2n) is 5.86. The summed E-state index contributed by atoms with van der Waals surface area (Å²) in [4.78, 5) is 24.4. The molecular formula is C17H21Cl2NO3. The summed E-state index contributed by atoms with van der Waals surface area (Å²) in [6, 6.07) is 4.34. The van der Waals surface area contributed by atoms with Crippen LogP contribution < -0.4 is 5.32 Å². The Labute approximate surface area is 146 Å². The van der Waals surface area contributed by atoms with Crippen molar-refractivity contribution in [3.63, 3.8) is 0 Å². The van der Waals surface area contributed by atoms with Gasteiger partial charge >= 0.3 is 5.97 Å². The quantitative estimate of drug-likeness (QED) is 0.815. The van der Waals surface area contributed by atoms with Crippen LogP contribution in [0.15, 0.2) is 18.2 Å². The van der Waals surface area contributed by atoms with E-state index in [1.165, 1.54) is 13.5 Å². The van der Waals surface area contributed by atoms with Crippen LogP contribution in [0.4, 0.5) is 0 Å². The fourth-order valence-corrected chi connectivity index (χ4v) is 3.38. The molecule has 1 saturated carbocycles. The minimum absolute atomic E-state index is 0.0170. The summed E-state index contributed by atoms with van der Waals surface area (Å²) in [5.74, 6) is -0.568. The summed E-state index contributed by atoms with van der Waals surface area (Å²) in [5, 5.41) is 3.82. The summed E-state index contributed by atoms with van der Waals surface area (Å²) in [6.07, 6.45) is 5.32. The zero-order valence-electron chi connectivity index (χ0n) is 13.1. The number of ether oxygens (including phenoxy) is 1. The number of esters is 1. The molecule has 6 heteroatoms. The number of rotatable bonds is 5. The summed E-state index contributed by atoms with van der Waals surface area (Å²) in [7, 11) is 1.31. The maximum absolute atomic E-state index is 12.4. The first-order valence-electron chi connectivity index (χ1n) is 7.83. The number of benzene rings is 1. The van der Waals surface area contributed by atoms with Gasteiger partial charge in [0.05, 0.1) is 7.11 Å². The third-order valence-corrected chi connectivity index (χ3v) is 4.80. The van der Waals surface area contributed by atoms with E-state index < -0.39 is 12.0 Å². The molecule has 0 unspecified atom stereocenters. The van der Waals surface area contributed by atoms with Gasteiger partial charge in [-0.15, -0.1) is 0 Å². The Balaban J connectivity index is 2.07. The van der Waals surface area contributed by atoms with Gasteiger partial charge in [0.2, 0.25) is 5.91 Å². The van der Waals surface area contributed by atoms with Gasteiger partial charge in [-0.2, -0.15) is 0 Å². The Hall–Kier alpha value is -1.26. The molecule has 1 aliphatic rings. The molecule has 0 radical (unpaired) electrons. The summed E-state index contributed by atoms with van der Waals surface area (Å²) < 4.78 is 4.81. The van der Waals surface area contributed by atoms with Gasteiger partial charge in [-0.25, -0.2) is 4.79 Å².